The molecule has 3 nitrogen and oxygen atoms in total. The predicted molar refractivity (Wildman–Crippen MR) is 43.3 cm³/mol. The van der Waals surface area contributed by atoms with Crippen LogP contribution in [0.5, 0.6) is 5.88 Å². The van der Waals surface area contributed by atoms with Crippen LogP contribution in [0.2, 0.25) is 0 Å². The highest BCUT2D eigenvalue weighted by Gasteiger charge is 2.31. The largest absolute Gasteiger partial charge is 0.574 e. The van der Waals surface area contributed by atoms with E-state index in [1.807, 2.05) is 0 Å². The van der Waals surface area contributed by atoms with Gasteiger partial charge < -0.3 is 9.72 Å². The maximum Gasteiger partial charge on any atom is 0.574 e. The van der Waals surface area contributed by atoms with Crippen LogP contribution < -0.4 is 10.2 Å². The Morgan fingerprint density at radius 3 is 2.57 bits per heavy atom. The highest BCUT2D eigenvalue weighted by atomic mass is 35.5. The monoisotopic (exact) mass is 227 g/mol. The second kappa shape index (κ2) is 3.91. The minimum absolute atomic E-state index is 0.0930. The minimum atomic E-state index is -4.83. The topological polar surface area (TPSA) is 42.1 Å². The van der Waals surface area contributed by atoms with Crippen LogP contribution >= 0.6 is 11.6 Å². The Bertz CT molecular complexity index is 374. The summed E-state index contributed by atoms with van der Waals surface area (Å²) >= 11 is 5.34. The van der Waals surface area contributed by atoms with Crippen LogP contribution in [0.25, 0.3) is 0 Å². The summed E-state index contributed by atoms with van der Waals surface area (Å²) in [7, 11) is 0. The second-order valence-electron chi connectivity index (χ2n) is 2.39. The molecule has 78 valence electrons. The maximum atomic E-state index is 11.7. The van der Waals surface area contributed by atoms with Gasteiger partial charge in [0.15, 0.2) is 5.43 Å². The van der Waals surface area contributed by atoms with E-state index in [1.165, 1.54) is 0 Å². The summed E-state index contributed by atoms with van der Waals surface area (Å²) in [4.78, 5) is 13.0. The molecule has 0 aliphatic rings. The third kappa shape index (κ3) is 3.29. The first kappa shape index (κ1) is 10.9. The van der Waals surface area contributed by atoms with Gasteiger partial charge in [0.1, 0.15) is 0 Å². The molecule has 1 rings (SSSR count). The molecule has 0 aliphatic carbocycles. The van der Waals surface area contributed by atoms with Gasteiger partial charge >= 0.3 is 6.36 Å². The van der Waals surface area contributed by atoms with Crippen LogP contribution in [0.3, 0.4) is 0 Å². The van der Waals surface area contributed by atoms with E-state index in [2.05, 4.69) is 9.72 Å². The molecule has 0 saturated heterocycles. The number of rotatable bonds is 2. The fourth-order valence-electron chi connectivity index (χ4n) is 0.825. The van der Waals surface area contributed by atoms with Gasteiger partial charge in [-0.15, -0.1) is 24.8 Å². The predicted octanol–water partition coefficient (Wildman–Crippen LogP) is 2.01. The van der Waals surface area contributed by atoms with E-state index in [0.717, 1.165) is 6.07 Å². The summed E-state index contributed by atoms with van der Waals surface area (Å²) in [6, 6.07) is 1.79. The Labute approximate surface area is 81.5 Å². The fourth-order valence-corrected chi connectivity index (χ4v) is 0.969. The second-order valence-corrected chi connectivity index (χ2v) is 2.65. The number of pyridine rings is 1. The van der Waals surface area contributed by atoms with Crippen molar-refractivity contribution in [3.8, 4) is 5.88 Å². The number of aromatic nitrogens is 1. The fraction of sp³-hybridized carbons (Fsp3) is 0.286. The van der Waals surface area contributed by atoms with Gasteiger partial charge in [-0.25, -0.2) is 0 Å². The zero-order chi connectivity index (χ0) is 10.8. The molecule has 14 heavy (non-hydrogen) atoms. The van der Waals surface area contributed by atoms with E-state index in [0.29, 0.717) is 6.07 Å². The van der Waals surface area contributed by atoms with Gasteiger partial charge in [0.2, 0.25) is 5.88 Å². The summed E-state index contributed by atoms with van der Waals surface area (Å²) in [5, 5.41) is 0. The summed E-state index contributed by atoms with van der Waals surface area (Å²) < 4.78 is 38.7. The number of hydrogen-bond donors (Lipinski definition) is 1. The third-order valence-electron chi connectivity index (χ3n) is 1.24. The molecule has 0 aliphatic heterocycles. The molecule has 7 heteroatoms. The molecule has 1 heterocycles. The highest BCUT2D eigenvalue weighted by molar-refractivity contribution is 6.16. The molecular formula is C7H5ClF3NO2. The van der Waals surface area contributed by atoms with Gasteiger partial charge in [0.25, 0.3) is 0 Å². The van der Waals surface area contributed by atoms with Gasteiger partial charge in [0.05, 0.1) is 5.88 Å². The van der Waals surface area contributed by atoms with Crippen LogP contribution in [0.15, 0.2) is 16.9 Å². The van der Waals surface area contributed by atoms with Crippen LogP contribution in [-0.4, -0.2) is 11.3 Å². The lowest BCUT2D eigenvalue weighted by Gasteiger charge is -2.08. The first-order valence-corrected chi connectivity index (χ1v) is 3.99. The first-order valence-electron chi connectivity index (χ1n) is 3.45. The number of alkyl halides is 4. The number of ether oxygens (including phenoxy) is 1. The lowest BCUT2D eigenvalue weighted by atomic mass is 10.4. The Hall–Kier alpha value is -1.17. The van der Waals surface area contributed by atoms with Crippen molar-refractivity contribution >= 4 is 11.6 Å². The molecule has 1 N–H and O–H groups in total. The minimum Gasteiger partial charge on any atom is -0.390 e. The summed E-state index contributed by atoms with van der Waals surface area (Å²) in [5.74, 6) is -0.759. The number of H-pyrrole nitrogens is 1. The Balaban J connectivity index is 2.98. The third-order valence-corrected chi connectivity index (χ3v) is 1.53. The zero-order valence-corrected chi connectivity index (χ0v) is 7.45. The molecule has 0 radical (unpaired) electrons. The highest BCUT2D eigenvalue weighted by Crippen LogP contribution is 2.19. The van der Waals surface area contributed by atoms with Gasteiger partial charge in [-0.05, 0) is 0 Å². The average molecular weight is 228 g/mol. The molecule has 0 fully saturated rings. The molecule has 0 amide bonds. The molecule has 0 spiro atoms. The van der Waals surface area contributed by atoms with Gasteiger partial charge in [-0.1, -0.05) is 0 Å². The zero-order valence-electron chi connectivity index (χ0n) is 6.69. The number of aromatic amines is 1. The van der Waals surface area contributed by atoms with Crippen molar-refractivity contribution in [2.75, 3.05) is 0 Å². The molecule has 0 atom stereocenters. The van der Waals surface area contributed by atoms with Gasteiger partial charge in [-0.3, -0.25) is 4.79 Å². The van der Waals surface area contributed by atoms with E-state index in [1.54, 1.807) is 0 Å². The summed E-state index contributed by atoms with van der Waals surface area (Å²) in [6.07, 6.45) is -4.83. The average Bonchev–Trinajstić information content (AvgIpc) is 1.99. The number of nitrogens with one attached hydrogen (secondary N) is 1. The molecule has 0 bridgehead atoms. The lowest BCUT2D eigenvalue weighted by molar-refractivity contribution is -0.276. The molecule has 0 unspecified atom stereocenters. The summed E-state index contributed by atoms with van der Waals surface area (Å²) in [6.45, 7) is 0. The van der Waals surface area contributed by atoms with Gasteiger partial charge in [0, 0.05) is 17.8 Å². The lowest BCUT2D eigenvalue weighted by Crippen LogP contribution is -2.19. The van der Waals surface area contributed by atoms with E-state index >= 15 is 0 Å². The number of halogens is 4. The van der Waals surface area contributed by atoms with Crippen molar-refractivity contribution in [2.24, 2.45) is 0 Å². The maximum absolute atomic E-state index is 11.7. The van der Waals surface area contributed by atoms with E-state index in [9.17, 15) is 18.0 Å². The first-order chi connectivity index (χ1) is 6.40. The molecule has 0 aromatic carbocycles. The Morgan fingerprint density at radius 1 is 1.43 bits per heavy atom. The smallest absolute Gasteiger partial charge is 0.390 e. The van der Waals surface area contributed by atoms with Crippen LogP contribution in [-0.2, 0) is 5.88 Å². The Kier molecular flexibility index (Phi) is 3.05. The van der Waals surface area contributed by atoms with Crippen LogP contribution in [0.1, 0.15) is 5.69 Å². The van der Waals surface area contributed by atoms with Crippen LogP contribution in [0, 0.1) is 0 Å². The number of hydrogen-bond acceptors (Lipinski definition) is 2. The standard InChI is InChI=1S/C7H5ClF3NO2/c8-3-4-1-5(13)2-6(12-4)14-7(9,10)11/h1-2H,3H2,(H,12,13). The SMILES string of the molecule is O=c1cc(CCl)[nH]c(OC(F)(F)F)c1. The molecule has 0 saturated carbocycles. The van der Waals surface area contributed by atoms with Crippen molar-refractivity contribution in [1.29, 1.82) is 0 Å². The quantitative estimate of drug-likeness (QED) is 0.786. The van der Waals surface area contributed by atoms with Crippen molar-refractivity contribution in [3.63, 3.8) is 0 Å². The van der Waals surface area contributed by atoms with Crippen molar-refractivity contribution in [2.45, 2.75) is 12.2 Å². The molecule has 1 aromatic heterocycles. The Morgan fingerprint density at radius 2 is 2.07 bits per heavy atom. The van der Waals surface area contributed by atoms with Crippen molar-refractivity contribution in [1.82, 2.24) is 4.98 Å². The van der Waals surface area contributed by atoms with E-state index < -0.39 is 17.7 Å². The van der Waals surface area contributed by atoms with Crippen molar-refractivity contribution < 1.29 is 17.9 Å². The molecule has 1 aromatic rings. The normalized spacial score (nSPS) is 11.4. The van der Waals surface area contributed by atoms with Crippen molar-refractivity contribution in [3.05, 3.63) is 28.0 Å². The van der Waals surface area contributed by atoms with Crippen LogP contribution in [0.4, 0.5) is 13.2 Å². The van der Waals surface area contributed by atoms with E-state index in [-0.39, 0.29) is 11.6 Å². The van der Waals surface area contributed by atoms with Gasteiger partial charge in [-0.2, -0.15) is 0 Å². The summed E-state index contributed by atoms with van der Waals surface area (Å²) in [5.41, 5.74) is -0.433. The van der Waals surface area contributed by atoms with E-state index in [4.69, 9.17) is 11.6 Å². The molecular weight excluding hydrogens is 223 g/mol.